The van der Waals surface area contributed by atoms with E-state index in [1.165, 1.54) is 40.7 Å². The lowest BCUT2D eigenvalue weighted by atomic mass is 10.2. The van der Waals surface area contributed by atoms with Gasteiger partial charge in [0.2, 0.25) is 16.1 Å². The van der Waals surface area contributed by atoms with E-state index in [1.807, 2.05) is 4.90 Å². The summed E-state index contributed by atoms with van der Waals surface area (Å²) in [6.07, 6.45) is -1.06. The summed E-state index contributed by atoms with van der Waals surface area (Å²) in [5, 5.41) is 0. The van der Waals surface area contributed by atoms with Gasteiger partial charge in [-0.25, -0.2) is 22.4 Å². The van der Waals surface area contributed by atoms with Crippen molar-refractivity contribution in [1.29, 1.82) is 0 Å². The maximum Gasteiger partial charge on any atom is 0.347 e. The van der Waals surface area contributed by atoms with Crippen molar-refractivity contribution in [1.82, 2.24) is 4.31 Å². The van der Waals surface area contributed by atoms with Gasteiger partial charge in [0.05, 0.1) is 10.5 Å². The molecule has 0 unspecified atom stereocenters. The first-order chi connectivity index (χ1) is 15.2. The van der Waals surface area contributed by atoms with Crippen LogP contribution in [0, 0.1) is 5.82 Å². The average Bonchev–Trinajstić information content (AvgIpc) is 3.11. The largest absolute Gasteiger partial charge is 0.460 e. The quantitative estimate of drug-likeness (QED) is 0.629. The van der Waals surface area contributed by atoms with Crippen molar-refractivity contribution in [2.75, 3.05) is 31.1 Å². The first-order valence-electron chi connectivity index (χ1n) is 10.3. The summed E-state index contributed by atoms with van der Waals surface area (Å²) in [4.78, 5) is 26.1. The van der Waals surface area contributed by atoms with E-state index in [9.17, 15) is 22.4 Å². The minimum absolute atomic E-state index is 0.0236. The van der Waals surface area contributed by atoms with Gasteiger partial charge in [-0.3, -0.25) is 0 Å². The summed E-state index contributed by atoms with van der Waals surface area (Å²) in [5.41, 5.74) is 0.872. The Labute approximate surface area is 185 Å². The van der Waals surface area contributed by atoms with Gasteiger partial charge in [-0.05, 0) is 49.4 Å². The molecule has 0 amide bonds. The molecule has 2 atom stereocenters. The van der Waals surface area contributed by atoms with Crippen molar-refractivity contribution in [3.05, 3.63) is 59.9 Å². The molecule has 0 aromatic heterocycles. The Morgan fingerprint density at radius 3 is 2.41 bits per heavy atom. The number of cyclic esters (lactones) is 1. The van der Waals surface area contributed by atoms with Gasteiger partial charge in [0, 0.05) is 38.3 Å². The zero-order valence-corrected chi connectivity index (χ0v) is 18.3. The molecule has 0 spiro atoms. The SMILES string of the molecule is C[C@@H]1C[C@H](OC(=O)c2cccc(S(=O)(=O)N3CCN(c4ccc(F)cc4)CC3)c2)C(=O)O1. The van der Waals surface area contributed by atoms with Gasteiger partial charge < -0.3 is 14.4 Å². The predicted molar refractivity (Wildman–Crippen MR) is 113 cm³/mol. The first-order valence-corrected chi connectivity index (χ1v) is 11.7. The highest BCUT2D eigenvalue weighted by atomic mass is 32.2. The highest BCUT2D eigenvalue weighted by Crippen LogP contribution is 2.23. The molecule has 0 radical (unpaired) electrons. The van der Waals surface area contributed by atoms with E-state index in [1.54, 1.807) is 19.1 Å². The molecule has 2 aliphatic heterocycles. The van der Waals surface area contributed by atoms with Gasteiger partial charge >= 0.3 is 11.9 Å². The molecule has 2 heterocycles. The van der Waals surface area contributed by atoms with Crippen LogP contribution in [0.4, 0.5) is 10.1 Å². The Morgan fingerprint density at radius 2 is 1.78 bits per heavy atom. The summed E-state index contributed by atoms with van der Waals surface area (Å²) >= 11 is 0. The maximum absolute atomic E-state index is 13.1. The zero-order chi connectivity index (χ0) is 22.9. The number of esters is 2. The van der Waals surface area contributed by atoms with Crippen molar-refractivity contribution < 1.29 is 31.9 Å². The topological polar surface area (TPSA) is 93.2 Å². The standard InChI is InChI=1S/C22H23FN2O6S/c1-15-13-20(22(27)30-15)31-21(26)16-3-2-4-19(14-16)32(28,29)25-11-9-24(10-12-25)18-7-5-17(23)6-8-18/h2-8,14-15,20H,9-13H2,1H3/t15-,20+/m1/s1. The van der Waals surface area contributed by atoms with Crippen molar-refractivity contribution in [2.45, 2.75) is 30.4 Å². The second-order valence-electron chi connectivity index (χ2n) is 7.77. The van der Waals surface area contributed by atoms with Crippen LogP contribution in [0.1, 0.15) is 23.7 Å². The molecule has 0 bridgehead atoms. The van der Waals surface area contributed by atoms with E-state index in [0.717, 1.165) is 5.69 Å². The number of carbonyl (C=O) groups is 2. The molecule has 0 saturated carbocycles. The fourth-order valence-electron chi connectivity index (χ4n) is 3.78. The first kappa shape index (κ1) is 22.2. The number of rotatable bonds is 5. The fourth-order valence-corrected chi connectivity index (χ4v) is 5.25. The number of hydrogen-bond donors (Lipinski definition) is 0. The third-order valence-electron chi connectivity index (χ3n) is 5.51. The summed E-state index contributed by atoms with van der Waals surface area (Å²) in [7, 11) is -3.83. The van der Waals surface area contributed by atoms with E-state index >= 15 is 0 Å². The van der Waals surface area contributed by atoms with Crippen LogP contribution >= 0.6 is 0 Å². The van der Waals surface area contributed by atoms with Gasteiger partial charge in [-0.2, -0.15) is 4.31 Å². The Kier molecular flexibility index (Phi) is 6.16. The number of nitrogens with zero attached hydrogens (tertiary/aromatic N) is 2. The van der Waals surface area contributed by atoms with Gasteiger partial charge in [0.1, 0.15) is 11.9 Å². The summed E-state index contributed by atoms with van der Waals surface area (Å²) in [5.74, 6) is -1.71. The number of sulfonamides is 1. The lowest BCUT2D eigenvalue weighted by Crippen LogP contribution is -2.48. The van der Waals surface area contributed by atoms with E-state index in [2.05, 4.69) is 0 Å². The highest BCUT2D eigenvalue weighted by Gasteiger charge is 2.35. The lowest BCUT2D eigenvalue weighted by Gasteiger charge is -2.35. The molecule has 2 fully saturated rings. The minimum atomic E-state index is -3.83. The summed E-state index contributed by atoms with van der Waals surface area (Å²) in [6.45, 7) is 3.11. The van der Waals surface area contributed by atoms with Crippen molar-refractivity contribution >= 4 is 27.6 Å². The molecule has 170 valence electrons. The molecule has 2 aliphatic rings. The number of halogens is 1. The smallest absolute Gasteiger partial charge is 0.347 e. The Bertz CT molecular complexity index is 1110. The molecule has 8 nitrogen and oxygen atoms in total. The van der Waals surface area contributed by atoms with Crippen LogP contribution in [0.2, 0.25) is 0 Å². The molecular weight excluding hydrogens is 439 g/mol. The molecule has 2 saturated heterocycles. The van der Waals surface area contributed by atoms with Crippen molar-refractivity contribution in [3.8, 4) is 0 Å². The Balaban J connectivity index is 1.43. The number of ether oxygens (including phenoxy) is 2. The number of piperazine rings is 1. The van der Waals surface area contributed by atoms with Crippen LogP contribution in [0.25, 0.3) is 0 Å². The third-order valence-corrected chi connectivity index (χ3v) is 7.41. The maximum atomic E-state index is 13.1. The lowest BCUT2D eigenvalue weighted by molar-refractivity contribution is -0.147. The normalized spacial score (nSPS) is 21.9. The molecule has 10 heteroatoms. The predicted octanol–water partition coefficient (Wildman–Crippen LogP) is 2.20. The van der Waals surface area contributed by atoms with Crippen molar-refractivity contribution in [3.63, 3.8) is 0 Å². The van der Waals surface area contributed by atoms with Gasteiger partial charge in [0.25, 0.3) is 0 Å². The minimum Gasteiger partial charge on any atom is -0.460 e. The Morgan fingerprint density at radius 1 is 1.09 bits per heavy atom. The fraction of sp³-hybridized carbons (Fsp3) is 0.364. The molecule has 32 heavy (non-hydrogen) atoms. The van der Waals surface area contributed by atoms with Gasteiger partial charge in [-0.1, -0.05) is 6.07 Å². The molecule has 2 aromatic rings. The van der Waals surface area contributed by atoms with Crippen LogP contribution in [0.5, 0.6) is 0 Å². The van der Waals surface area contributed by atoms with Crippen LogP contribution in [-0.2, 0) is 24.3 Å². The molecule has 2 aromatic carbocycles. The molecule has 0 N–H and O–H groups in total. The van der Waals surface area contributed by atoms with Crippen LogP contribution < -0.4 is 4.90 Å². The second-order valence-corrected chi connectivity index (χ2v) is 9.71. The van der Waals surface area contributed by atoms with Gasteiger partial charge in [0.15, 0.2) is 0 Å². The van der Waals surface area contributed by atoms with E-state index in [0.29, 0.717) is 13.1 Å². The van der Waals surface area contributed by atoms with Gasteiger partial charge in [-0.15, -0.1) is 0 Å². The van der Waals surface area contributed by atoms with E-state index in [-0.39, 0.29) is 41.9 Å². The van der Waals surface area contributed by atoms with E-state index in [4.69, 9.17) is 9.47 Å². The number of hydrogen-bond acceptors (Lipinski definition) is 7. The third kappa shape index (κ3) is 4.61. The van der Waals surface area contributed by atoms with Crippen LogP contribution in [0.3, 0.4) is 0 Å². The highest BCUT2D eigenvalue weighted by molar-refractivity contribution is 7.89. The molecule has 0 aliphatic carbocycles. The number of benzene rings is 2. The average molecular weight is 462 g/mol. The number of carbonyl (C=O) groups excluding carboxylic acids is 2. The second kappa shape index (κ2) is 8.87. The summed E-state index contributed by atoms with van der Waals surface area (Å²) < 4.78 is 50.9. The molecular formula is C22H23FN2O6S. The zero-order valence-electron chi connectivity index (χ0n) is 17.4. The molecule has 4 rings (SSSR count). The van der Waals surface area contributed by atoms with Crippen LogP contribution in [0.15, 0.2) is 53.4 Å². The van der Waals surface area contributed by atoms with Crippen LogP contribution in [-0.4, -0.2) is 63.0 Å². The van der Waals surface area contributed by atoms with E-state index < -0.39 is 28.1 Å². The number of anilines is 1. The van der Waals surface area contributed by atoms with Crippen molar-refractivity contribution in [2.24, 2.45) is 0 Å². The Hall–Kier alpha value is -2.98. The summed E-state index contributed by atoms with van der Waals surface area (Å²) in [6, 6.07) is 11.7. The monoisotopic (exact) mass is 462 g/mol.